The van der Waals surface area contributed by atoms with Crippen LogP contribution in [0.5, 0.6) is 17.2 Å². The van der Waals surface area contributed by atoms with Gasteiger partial charge in [0.05, 0.1) is 11.6 Å². The van der Waals surface area contributed by atoms with Crippen molar-refractivity contribution in [2.45, 2.75) is 16.1 Å². The summed E-state index contributed by atoms with van der Waals surface area (Å²) in [5.74, 6) is -0.731. The Kier molecular flexibility index (Phi) is 7.09. The minimum Gasteiger partial charge on any atom is -0.508 e. The second kappa shape index (κ2) is 10.8. The average molecular weight is 594 g/mol. The number of carbonyl (C=O) groups is 2. The molecule has 2 aliphatic rings. The summed E-state index contributed by atoms with van der Waals surface area (Å²) in [7, 11) is 0. The molecule has 0 spiro atoms. The van der Waals surface area contributed by atoms with Gasteiger partial charge >= 0.3 is 5.91 Å². The Morgan fingerprint density at radius 3 is 2.62 bits per heavy atom. The van der Waals surface area contributed by atoms with Gasteiger partial charge in [-0.25, -0.2) is 0 Å². The van der Waals surface area contributed by atoms with Crippen molar-refractivity contribution < 1.29 is 29.3 Å². The Hall–Kier alpha value is -4.06. The van der Waals surface area contributed by atoms with Crippen molar-refractivity contribution >= 4 is 57.3 Å². The molecule has 0 unspecified atom stereocenters. The van der Waals surface area contributed by atoms with E-state index in [0.717, 1.165) is 16.9 Å². The number of benzene rings is 3. The van der Waals surface area contributed by atoms with Crippen LogP contribution in [-0.2, 0) is 15.3 Å². The molecule has 0 saturated carbocycles. The van der Waals surface area contributed by atoms with Crippen molar-refractivity contribution in [3.8, 4) is 17.2 Å². The highest BCUT2D eigenvalue weighted by atomic mass is 35.5. The summed E-state index contributed by atoms with van der Waals surface area (Å²) >= 11 is 8.80. The molecule has 1 saturated heterocycles. The van der Waals surface area contributed by atoms with Crippen LogP contribution < -0.4 is 14.4 Å². The molecule has 2 aliphatic heterocycles. The number of aliphatic hydroxyl groups is 1. The lowest BCUT2D eigenvalue weighted by Gasteiger charge is -2.23. The van der Waals surface area contributed by atoms with E-state index < -0.39 is 17.7 Å². The number of phenols is 1. The van der Waals surface area contributed by atoms with Crippen molar-refractivity contribution in [3.05, 3.63) is 94.0 Å². The van der Waals surface area contributed by atoms with Gasteiger partial charge in [0.1, 0.15) is 24.7 Å². The van der Waals surface area contributed by atoms with E-state index in [1.807, 2.05) is 18.2 Å². The van der Waals surface area contributed by atoms with Crippen LogP contribution in [0.25, 0.3) is 5.76 Å². The van der Waals surface area contributed by atoms with Crippen LogP contribution in [0.15, 0.2) is 76.6 Å². The zero-order valence-corrected chi connectivity index (χ0v) is 23.0. The van der Waals surface area contributed by atoms with E-state index in [4.69, 9.17) is 21.1 Å². The van der Waals surface area contributed by atoms with E-state index in [1.54, 1.807) is 36.4 Å². The molecule has 1 fully saturated rings. The van der Waals surface area contributed by atoms with Crippen LogP contribution in [0, 0.1) is 0 Å². The SMILES string of the molecule is O=C1C(=O)N(c2nnc(SCc3ccccc3Cl)s2)[C@@H](c2cccc(O)c2)/C1=C(\O)c1ccc2c(c1)OCCO2. The lowest BCUT2D eigenvalue weighted by atomic mass is 9.95. The first-order valence-corrected chi connectivity index (χ1v) is 14.3. The van der Waals surface area contributed by atoms with E-state index in [-0.39, 0.29) is 27.8 Å². The Bertz CT molecular complexity index is 1670. The molecule has 9 nitrogen and oxygen atoms in total. The van der Waals surface area contributed by atoms with E-state index in [2.05, 4.69) is 10.2 Å². The first-order valence-electron chi connectivity index (χ1n) is 12.1. The van der Waals surface area contributed by atoms with Gasteiger partial charge in [0.15, 0.2) is 15.8 Å². The number of halogens is 1. The van der Waals surface area contributed by atoms with Crippen LogP contribution >= 0.6 is 34.7 Å². The largest absolute Gasteiger partial charge is 0.508 e. The second-order valence-corrected chi connectivity index (χ2v) is 11.4. The highest BCUT2D eigenvalue weighted by molar-refractivity contribution is 8.00. The van der Waals surface area contributed by atoms with Crippen molar-refractivity contribution in [1.82, 2.24) is 10.2 Å². The van der Waals surface area contributed by atoms with Gasteiger partial charge in [-0.05, 0) is 47.5 Å². The van der Waals surface area contributed by atoms with E-state index in [1.165, 1.54) is 28.8 Å². The molecule has 6 rings (SSSR count). The molecule has 40 heavy (non-hydrogen) atoms. The number of ether oxygens (including phenoxy) is 2. The van der Waals surface area contributed by atoms with Gasteiger partial charge in [0, 0.05) is 16.3 Å². The summed E-state index contributed by atoms with van der Waals surface area (Å²) in [5.41, 5.74) is 1.47. The molecule has 0 radical (unpaired) electrons. The zero-order valence-electron chi connectivity index (χ0n) is 20.6. The van der Waals surface area contributed by atoms with Crippen molar-refractivity contribution in [3.63, 3.8) is 0 Å². The molecule has 1 aromatic heterocycles. The maximum Gasteiger partial charge on any atom is 0.301 e. The standard InChI is InChI=1S/C28H20ClN3O6S2/c29-19-7-2-1-4-17(19)14-39-28-31-30-27(40-28)32-23(15-5-3-6-18(33)12-15)22(25(35)26(32)36)24(34)16-8-9-20-21(13-16)38-11-10-37-20/h1-9,12-13,23,33-34H,10-11,14H2/b24-22+/t23-/m0/s1. The van der Waals surface area contributed by atoms with Gasteiger partial charge in [-0.3, -0.25) is 14.5 Å². The average Bonchev–Trinajstić information content (AvgIpc) is 3.54. The minimum absolute atomic E-state index is 0.0596. The Morgan fingerprint density at radius 2 is 1.82 bits per heavy atom. The van der Waals surface area contributed by atoms with Crippen molar-refractivity contribution in [1.29, 1.82) is 0 Å². The number of aromatic nitrogens is 2. The Morgan fingerprint density at radius 1 is 1.02 bits per heavy atom. The summed E-state index contributed by atoms with van der Waals surface area (Å²) in [4.78, 5) is 28.1. The molecule has 1 atom stereocenters. The predicted octanol–water partition coefficient (Wildman–Crippen LogP) is 5.59. The smallest absolute Gasteiger partial charge is 0.301 e. The monoisotopic (exact) mass is 593 g/mol. The number of nitrogens with zero attached hydrogens (tertiary/aromatic N) is 3. The van der Waals surface area contributed by atoms with E-state index in [0.29, 0.717) is 45.4 Å². The Balaban J connectivity index is 1.39. The number of aliphatic hydroxyl groups excluding tert-OH is 1. The third-order valence-electron chi connectivity index (χ3n) is 6.36. The third-order valence-corrected chi connectivity index (χ3v) is 8.83. The van der Waals surface area contributed by atoms with Gasteiger partial charge in [0.2, 0.25) is 5.13 Å². The van der Waals surface area contributed by atoms with Crippen LogP contribution in [0.2, 0.25) is 5.02 Å². The van der Waals surface area contributed by atoms with Gasteiger partial charge in [-0.2, -0.15) is 0 Å². The summed E-state index contributed by atoms with van der Waals surface area (Å²) in [6.07, 6.45) is 0. The molecular weight excluding hydrogens is 574 g/mol. The number of thioether (sulfide) groups is 1. The van der Waals surface area contributed by atoms with Gasteiger partial charge in [-0.15, -0.1) is 10.2 Å². The molecule has 1 amide bonds. The summed E-state index contributed by atoms with van der Waals surface area (Å²) in [5, 5.41) is 30.8. The number of aromatic hydroxyl groups is 1. The number of rotatable bonds is 6. The van der Waals surface area contributed by atoms with Crippen molar-refractivity contribution in [2.75, 3.05) is 18.1 Å². The molecule has 0 aliphatic carbocycles. The number of phenolic OH excluding ortho intramolecular Hbond substituents is 1. The van der Waals surface area contributed by atoms with Crippen LogP contribution in [0.1, 0.15) is 22.7 Å². The lowest BCUT2D eigenvalue weighted by Crippen LogP contribution is -2.29. The summed E-state index contributed by atoms with van der Waals surface area (Å²) < 4.78 is 11.7. The van der Waals surface area contributed by atoms with E-state index in [9.17, 15) is 19.8 Å². The first kappa shape index (κ1) is 26.2. The van der Waals surface area contributed by atoms with E-state index >= 15 is 0 Å². The zero-order chi connectivity index (χ0) is 27.8. The predicted molar refractivity (Wildman–Crippen MR) is 151 cm³/mol. The second-order valence-electron chi connectivity index (χ2n) is 8.85. The number of amides is 1. The van der Waals surface area contributed by atoms with Crippen LogP contribution in [-0.4, -0.2) is 45.3 Å². The maximum atomic E-state index is 13.4. The van der Waals surface area contributed by atoms with Crippen LogP contribution in [0.4, 0.5) is 5.13 Å². The molecule has 0 bridgehead atoms. The minimum atomic E-state index is -1.06. The van der Waals surface area contributed by atoms with Gasteiger partial charge in [-0.1, -0.05) is 65.0 Å². The number of Topliss-reactive ketones (excluding diaryl/α,β-unsaturated/α-hetero) is 1. The summed E-state index contributed by atoms with van der Waals surface area (Å²) in [6, 6.07) is 17.4. The summed E-state index contributed by atoms with van der Waals surface area (Å²) in [6.45, 7) is 0.750. The third kappa shape index (κ3) is 4.87. The Labute approximate surface area is 241 Å². The number of anilines is 1. The first-order chi connectivity index (χ1) is 19.4. The molecule has 4 aromatic rings. The number of hydrogen-bond donors (Lipinski definition) is 2. The van der Waals surface area contributed by atoms with Gasteiger partial charge < -0.3 is 19.7 Å². The molecule has 12 heteroatoms. The molecule has 3 aromatic carbocycles. The fourth-order valence-corrected chi connectivity index (χ4v) is 6.65. The number of fused-ring (bicyclic) bond motifs is 1. The van der Waals surface area contributed by atoms with Crippen LogP contribution in [0.3, 0.4) is 0 Å². The quantitative estimate of drug-likeness (QED) is 0.0968. The highest BCUT2D eigenvalue weighted by Gasteiger charge is 2.48. The molecular formula is C28H20ClN3O6S2. The molecule has 2 N–H and O–H groups in total. The topological polar surface area (TPSA) is 122 Å². The molecule has 202 valence electrons. The van der Waals surface area contributed by atoms with Gasteiger partial charge in [0.25, 0.3) is 5.78 Å². The highest BCUT2D eigenvalue weighted by Crippen LogP contribution is 2.45. The van der Waals surface area contributed by atoms with Crippen molar-refractivity contribution in [2.24, 2.45) is 0 Å². The maximum absolute atomic E-state index is 13.4. The molecule has 3 heterocycles. The number of carbonyl (C=O) groups excluding carboxylic acids is 2. The number of hydrogen-bond acceptors (Lipinski definition) is 10. The lowest BCUT2D eigenvalue weighted by molar-refractivity contribution is -0.132. The normalized spacial score (nSPS) is 17.8. The fraction of sp³-hybridized carbons (Fsp3) is 0.143. The number of ketones is 1. The fourth-order valence-electron chi connectivity index (χ4n) is 4.50.